The van der Waals surface area contributed by atoms with Crippen molar-refractivity contribution in [3.63, 3.8) is 0 Å². The highest BCUT2D eigenvalue weighted by molar-refractivity contribution is 7.18. The predicted molar refractivity (Wildman–Crippen MR) is 97.1 cm³/mol. The smallest absolute Gasteiger partial charge is 0.259 e. The lowest BCUT2D eigenvalue weighted by Crippen LogP contribution is -2.26. The number of benzene rings is 1. The molecule has 0 fully saturated rings. The Kier molecular flexibility index (Phi) is 4.66. The Bertz CT molecular complexity index is 926. The highest BCUT2D eigenvalue weighted by Gasteiger charge is 2.09. The van der Waals surface area contributed by atoms with Gasteiger partial charge in [0.2, 0.25) is 5.91 Å². The summed E-state index contributed by atoms with van der Waals surface area (Å²) in [7, 11) is 0. The number of anilines is 1. The summed E-state index contributed by atoms with van der Waals surface area (Å²) in [5.41, 5.74) is 0.530. The average Bonchev–Trinajstić information content (AvgIpc) is 2.94. The van der Waals surface area contributed by atoms with E-state index < -0.39 is 0 Å². The van der Waals surface area contributed by atoms with Crippen LogP contribution in [0.1, 0.15) is 11.8 Å². The van der Waals surface area contributed by atoms with Crippen LogP contribution < -0.4 is 15.6 Å². The van der Waals surface area contributed by atoms with E-state index in [1.165, 1.54) is 4.57 Å². The number of rotatable bonds is 5. The molecule has 1 amide bonds. The van der Waals surface area contributed by atoms with Gasteiger partial charge in [-0.05, 0) is 50.2 Å². The third-order valence-corrected chi connectivity index (χ3v) is 4.56. The van der Waals surface area contributed by atoms with Crippen LogP contribution in [0.3, 0.4) is 0 Å². The molecular formula is C18H18N2O3S. The molecule has 0 radical (unpaired) electrons. The Morgan fingerprint density at radius 2 is 2.00 bits per heavy atom. The lowest BCUT2D eigenvalue weighted by atomic mass is 10.3. The van der Waals surface area contributed by atoms with Crippen LogP contribution in [-0.2, 0) is 11.3 Å². The van der Waals surface area contributed by atoms with E-state index in [-0.39, 0.29) is 18.0 Å². The normalized spacial score (nSPS) is 10.8. The number of aryl methyl sites for hydroxylation is 1. The number of aromatic nitrogens is 1. The van der Waals surface area contributed by atoms with Crippen molar-refractivity contribution in [2.75, 3.05) is 11.9 Å². The van der Waals surface area contributed by atoms with Crippen LogP contribution in [0.25, 0.3) is 10.1 Å². The van der Waals surface area contributed by atoms with Crippen molar-refractivity contribution >= 4 is 33.0 Å². The summed E-state index contributed by atoms with van der Waals surface area (Å²) in [5.74, 6) is 0.512. The van der Waals surface area contributed by atoms with Crippen LogP contribution in [-0.4, -0.2) is 17.1 Å². The molecule has 0 saturated heterocycles. The molecule has 0 unspecified atom stereocenters. The highest BCUT2D eigenvalue weighted by atomic mass is 32.1. The fraction of sp³-hybridized carbons (Fsp3) is 0.222. The van der Waals surface area contributed by atoms with Gasteiger partial charge in [0.05, 0.1) is 12.0 Å². The van der Waals surface area contributed by atoms with Gasteiger partial charge in [-0.1, -0.05) is 0 Å². The first-order valence-electron chi connectivity index (χ1n) is 7.69. The van der Waals surface area contributed by atoms with E-state index in [9.17, 15) is 9.59 Å². The lowest BCUT2D eigenvalue weighted by molar-refractivity contribution is -0.116. The number of nitrogens with zero attached hydrogens (tertiary/aromatic N) is 1. The van der Waals surface area contributed by atoms with Crippen molar-refractivity contribution in [3.8, 4) is 5.75 Å². The maximum atomic E-state index is 12.4. The highest BCUT2D eigenvalue weighted by Crippen LogP contribution is 2.21. The number of carbonyl (C=O) groups is 1. The molecule has 3 rings (SSSR count). The molecule has 3 aromatic rings. The van der Waals surface area contributed by atoms with E-state index >= 15 is 0 Å². The van der Waals surface area contributed by atoms with Gasteiger partial charge in [0.1, 0.15) is 12.3 Å². The van der Waals surface area contributed by atoms with Gasteiger partial charge in [0, 0.05) is 21.5 Å². The predicted octanol–water partition coefficient (Wildman–Crippen LogP) is 3.41. The zero-order chi connectivity index (χ0) is 17.1. The number of fused-ring (bicyclic) bond motifs is 1. The third kappa shape index (κ3) is 3.49. The quantitative estimate of drug-likeness (QED) is 0.773. The monoisotopic (exact) mass is 342 g/mol. The number of amides is 1. The summed E-state index contributed by atoms with van der Waals surface area (Å²) in [6.07, 6.45) is 1.67. The Balaban J connectivity index is 1.72. The number of thiophene rings is 1. The van der Waals surface area contributed by atoms with Crippen LogP contribution in [0.2, 0.25) is 0 Å². The molecule has 0 bridgehead atoms. The molecule has 0 aliphatic rings. The summed E-state index contributed by atoms with van der Waals surface area (Å²) in [4.78, 5) is 25.7. The summed E-state index contributed by atoms with van der Waals surface area (Å²) in [5, 5.41) is 3.45. The molecule has 0 aliphatic heterocycles. The molecule has 5 nitrogen and oxygen atoms in total. The molecule has 0 spiro atoms. The number of carbonyl (C=O) groups excluding carboxylic acids is 1. The molecule has 2 heterocycles. The van der Waals surface area contributed by atoms with Gasteiger partial charge in [-0.3, -0.25) is 9.59 Å². The molecule has 124 valence electrons. The molecular weight excluding hydrogens is 324 g/mol. The second-order valence-corrected chi connectivity index (χ2v) is 6.68. The van der Waals surface area contributed by atoms with Gasteiger partial charge in [0.25, 0.3) is 5.56 Å². The summed E-state index contributed by atoms with van der Waals surface area (Å²) >= 11 is 1.58. The number of pyridine rings is 1. The number of nitrogens with one attached hydrogen (secondary N) is 1. The second kappa shape index (κ2) is 6.88. The SMILES string of the molecule is CCOc1ccc(NC(=O)Cn2ccc3sc(C)cc3c2=O)cc1. The zero-order valence-electron chi connectivity index (χ0n) is 13.5. The Morgan fingerprint density at radius 1 is 1.25 bits per heavy atom. The van der Waals surface area contributed by atoms with Gasteiger partial charge in [-0.15, -0.1) is 11.3 Å². The second-order valence-electron chi connectivity index (χ2n) is 5.39. The molecule has 0 atom stereocenters. The average molecular weight is 342 g/mol. The molecule has 6 heteroatoms. The van der Waals surface area contributed by atoms with E-state index in [1.807, 2.05) is 26.0 Å². The number of ether oxygens (including phenoxy) is 1. The zero-order valence-corrected chi connectivity index (χ0v) is 14.4. The topological polar surface area (TPSA) is 60.3 Å². The molecule has 1 aromatic carbocycles. The molecule has 24 heavy (non-hydrogen) atoms. The minimum atomic E-state index is -0.243. The lowest BCUT2D eigenvalue weighted by Gasteiger charge is -2.08. The van der Waals surface area contributed by atoms with Crippen molar-refractivity contribution < 1.29 is 9.53 Å². The molecule has 0 saturated carbocycles. The van der Waals surface area contributed by atoms with Gasteiger partial charge >= 0.3 is 0 Å². The number of hydrogen-bond donors (Lipinski definition) is 1. The molecule has 0 aliphatic carbocycles. The minimum Gasteiger partial charge on any atom is -0.494 e. The van der Waals surface area contributed by atoms with Crippen LogP contribution in [0.5, 0.6) is 5.75 Å². The van der Waals surface area contributed by atoms with Gasteiger partial charge in [-0.2, -0.15) is 0 Å². The standard InChI is InChI=1S/C18H18N2O3S/c1-3-23-14-6-4-13(5-7-14)19-17(21)11-20-9-8-16-15(18(20)22)10-12(2)24-16/h4-10H,3,11H2,1-2H3,(H,19,21). The fourth-order valence-corrected chi connectivity index (χ4v) is 3.39. The summed E-state index contributed by atoms with van der Waals surface area (Å²) < 4.78 is 7.74. The first-order chi connectivity index (χ1) is 11.6. The van der Waals surface area contributed by atoms with E-state index in [2.05, 4.69) is 5.32 Å². The van der Waals surface area contributed by atoms with Crippen molar-refractivity contribution in [2.24, 2.45) is 0 Å². The Labute approximate surface area is 143 Å². The Morgan fingerprint density at radius 3 is 2.71 bits per heavy atom. The van der Waals surface area contributed by atoms with Crippen molar-refractivity contribution in [3.05, 3.63) is 57.8 Å². The van der Waals surface area contributed by atoms with Crippen LogP contribution >= 0.6 is 11.3 Å². The van der Waals surface area contributed by atoms with E-state index in [0.717, 1.165) is 15.3 Å². The van der Waals surface area contributed by atoms with Crippen molar-refractivity contribution in [1.82, 2.24) is 4.57 Å². The third-order valence-electron chi connectivity index (χ3n) is 3.54. The van der Waals surface area contributed by atoms with Crippen LogP contribution in [0.4, 0.5) is 5.69 Å². The van der Waals surface area contributed by atoms with Gasteiger partial charge in [0.15, 0.2) is 0 Å². The molecule has 2 aromatic heterocycles. The van der Waals surface area contributed by atoms with Gasteiger partial charge < -0.3 is 14.6 Å². The summed E-state index contributed by atoms with van der Waals surface area (Å²) in [6, 6.07) is 10.9. The number of hydrogen-bond acceptors (Lipinski definition) is 4. The first kappa shape index (κ1) is 16.3. The van der Waals surface area contributed by atoms with Crippen LogP contribution in [0.15, 0.2) is 47.4 Å². The summed E-state index contributed by atoms with van der Waals surface area (Å²) in [6.45, 7) is 4.46. The largest absolute Gasteiger partial charge is 0.494 e. The molecule has 1 N–H and O–H groups in total. The fourth-order valence-electron chi connectivity index (χ4n) is 2.48. The minimum absolute atomic E-state index is 0.0170. The van der Waals surface area contributed by atoms with Crippen molar-refractivity contribution in [2.45, 2.75) is 20.4 Å². The van der Waals surface area contributed by atoms with Crippen molar-refractivity contribution in [1.29, 1.82) is 0 Å². The maximum Gasteiger partial charge on any atom is 0.259 e. The Hall–Kier alpha value is -2.60. The van der Waals surface area contributed by atoms with Gasteiger partial charge in [-0.25, -0.2) is 0 Å². The van der Waals surface area contributed by atoms with E-state index in [1.54, 1.807) is 41.8 Å². The maximum absolute atomic E-state index is 12.4. The first-order valence-corrected chi connectivity index (χ1v) is 8.51. The van der Waals surface area contributed by atoms with Crippen LogP contribution in [0, 0.1) is 6.92 Å². The van der Waals surface area contributed by atoms with E-state index in [0.29, 0.717) is 17.7 Å². The van der Waals surface area contributed by atoms with E-state index in [4.69, 9.17) is 4.74 Å².